The van der Waals surface area contributed by atoms with Crippen LogP contribution < -0.4 is 0 Å². The van der Waals surface area contributed by atoms with Crippen LogP contribution in [0.15, 0.2) is 18.6 Å². The molecule has 1 fully saturated rings. The van der Waals surface area contributed by atoms with Gasteiger partial charge in [-0.05, 0) is 0 Å². The van der Waals surface area contributed by atoms with Crippen molar-refractivity contribution in [3.8, 4) is 0 Å². The summed E-state index contributed by atoms with van der Waals surface area (Å²) < 4.78 is 4.91. The van der Waals surface area contributed by atoms with Crippen molar-refractivity contribution >= 4 is 5.97 Å². The molecule has 0 bridgehead atoms. The largest absolute Gasteiger partial charge is 0.480 e. The van der Waals surface area contributed by atoms with Crippen LogP contribution in [0.1, 0.15) is 5.69 Å². The highest BCUT2D eigenvalue weighted by Crippen LogP contribution is 2.30. The minimum Gasteiger partial charge on any atom is -0.480 e. The number of rotatable bonds is 2. The third kappa shape index (κ3) is 1.08. The average Bonchev–Trinajstić information content (AvgIpc) is 2.03. The van der Waals surface area contributed by atoms with Gasteiger partial charge in [0.15, 0.2) is 5.41 Å². The molecule has 1 aromatic heterocycles. The van der Waals surface area contributed by atoms with Crippen molar-refractivity contribution in [2.75, 3.05) is 13.2 Å². The molecule has 0 unspecified atom stereocenters. The Morgan fingerprint density at radius 3 is 2.69 bits per heavy atom. The number of aromatic nitrogens is 2. The highest BCUT2D eigenvalue weighted by molar-refractivity contribution is 5.82. The fourth-order valence-electron chi connectivity index (χ4n) is 1.23. The van der Waals surface area contributed by atoms with Gasteiger partial charge in [0.25, 0.3) is 0 Å². The van der Waals surface area contributed by atoms with Crippen molar-refractivity contribution < 1.29 is 14.6 Å². The molecular formula is C8H8N2O3. The molecule has 0 radical (unpaired) electrons. The molecule has 5 nitrogen and oxygen atoms in total. The maximum Gasteiger partial charge on any atom is 0.320 e. The van der Waals surface area contributed by atoms with Crippen molar-refractivity contribution in [1.82, 2.24) is 9.97 Å². The van der Waals surface area contributed by atoms with E-state index >= 15 is 0 Å². The molecule has 1 N–H and O–H groups in total. The smallest absolute Gasteiger partial charge is 0.320 e. The molecule has 0 amide bonds. The number of carboxylic acids is 1. The third-order valence-corrected chi connectivity index (χ3v) is 2.16. The van der Waals surface area contributed by atoms with Gasteiger partial charge in [-0.2, -0.15) is 0 Å². The molecular weight excluding hydrogens is 172 g/mol. The van der Waals surface area contributed by atoms with Crippen LogP contribution in [0.3, 0.4) is 0 Å². The van der Waals surface area contributed by atoms with Gasteiger partial charge in [-0.3, -0.25) is 14.8 Å². The van der Waals surface area contributed by atoms with Crippen LogP contribution in [0.25, 0.3) is 0 Å². The minimum atomic E-state index is -0.964. The normalized spacial score (nSPS) is 19.1. The topological polar surface area (TPSA) is 72.3 Å². The number of hydrogen-bond acceptors (Lipinski definition) is 4. The van der Waals surface area contributed by atoms with Crippen LogP contribution in [-0.4, -0.2) is 34.3 Å². The Morgan fingerprint density at radius 1 is 1.54 bits per heavy atom. The molecule has 2 heterocycles. The van der Waals surface area contributed by atoms with Crippen molar-refractivity contribution in [2.24, 2.45) is 0 Å². The lowest BCUT2D eigenvalue weighted by Crippen LogP contribution is -2.53. The van der Waals surface area contributed by atoms with Gasteiger partial charge in [0.1, 0.15) is 0 Å². The number of nitrogens with zero attached hydrogens (tertiary/aromatic N) is 2. The van der Waals surface area contributed by atoms with Gasteiger partial charge in [0, 0.05) is 18.6 Å². The molecule has 1 aromatic rings. The molecule has 5 heteroatoms. The molecule has 13 heavy (non-hydrogen) atoms. The lowest BCUT2D eigenvalue weighted by molar-refractivity contribution is -0.163. The predicted molar refractivity (Wildman–Crippen MR) is 42.2 cm³/mol. The molecule has 1 aliphatic rings. The summed E-state index contributed by atoms with van der Waals surface area (Å²) in [6.45, 7) is 0.363. The molecule has 1 saturated heterocycles. The zero-order valence-corrected chi connectivity index (χ0v) is 6.80. The van der Waals surface area contributed by atoms with E-state index in [1.54, 1.807) is 0 Å². The molecule has 1 aliphatic heterocycles. The molecule has 0 atom stereocenters. The van der Waals surface area contributed by atoms with E-state index in [1.807, 2.05) is 0 Å². The fourth-order valence-corrected chi connectivity index (χ4v) is 1.23. The van der Waals surface area contributed by atoms with Crippen molar-refractivity contribution in [2.45, 2.75) is 5.41 Å². The molecule has 0 spiro atoms. The summed E-state index contributed by atoms with van der Waals surface area (Å²) in [5, 5.41) is 8.99. The second kappa shape index (κ2) is 2.77. The maximum absolute atomic E-state index is 11.0. The summed E-state index contributed by atoms with van der Waals surface area (Å²) in [7, 11) is 0. The molecule has 0 aromatic carbocycles. The second-order valence-corrected chi connectivity index (χ2v) is 2.97. The third-order valence-electron chi connectivity index (χ3n) is 2.16. The second-order valence-electron chi connectivity index (χ2n) is 2.97. The molecule has 68 valence electrons. The standard InChI is InChI=1S/C8H8N2O3/c11-7(12)8(4-13-5-8)6-3-9-1-2-10-6/h1-3H,4-5H2,(H,11,12). The Balaban J connectivity index is 2.38. The Hall–Kier alpha value is -1.49. The predicted octanol–water partition coefficient (Wildman–Crippen LogP) is -0.171. The van der Waals surface area contributed by atoms with E-state index in [2.05, 4.69) is 9.97 Å². The number of ether oxygens (including phenoxy) is 1. The Kier molecular flexibility index (Phi) is 1.73. The first-order chi connectivity index (χ1) is 6.26. The number of carbonyl (C=O) groups is 1. The first-order valence-corrected chi connectivity index (χ1v) is 3.83. The van der Waals surface area contributed by atoms with Crippen LogP contribution >= 0.6 is 0 Å². The van der Waals surface area contributed by atoms with E-state index in [4.69, 9.17) is 9.84 Å². The highest BCUT2D eigenvalue weighted by atomic mass is 16.5. The van der Waals surface area contributed by atoms with Gasteiger partial charge in [0.2, 0.25) is 0 Å². The summed E-state index contributed by atoms with van der Waals surface area (Å²) in [5.74, 6) is -0.903. The summed E-state index contributed by atoms with van der Waals surface area (Å²) in [4.78, 5) is 18.8. The quantitative estimate of drug-likeness (QED) is 0.684. The van der Waals surface area contributed by atoms with Gasteiger partial charge < -0.3 is 9.84 Å². The maximum atomic E-state index is 11.0. The summed E-state index contributed by atoms with van der Waals surface area (Å²) in [6.07, 6.45) is 4.47. The van der Waals surface area contributed by atoms with E-state index < -0.39 is 11.4 Å². The minimum absolute atomic E-state index is 0.182. The van der Waals surface area contributed by atoms with Crippen molar-refractivity contribution in [3.63, 3.8) is 0 Å². The van der Waals surface area contributed by atoms with Crippen LogP contribution in [0, 0.1) is 0 Å². The molecule has 0 aliphatic carbocycles. The van der Waals surface area contributed by atoms with Gasteiger partial charge in [-0.15, -0.1) is 0 Å². The highest BCUT2D eigenvalue weighted by Gasteiger charge is 2.49. The van der Waals surface area contributed by atoms with E-state index in [0.29, 0.717) is 5.69 Å². The van der Waals surface area contributed by atoms with E-state index in [-0.39, 0.29) is 13.2 Å². The zero-order chi connectivity index (χ0) is 9.31. The molecule has 0 saturated carbocycles. The summed E-state index contributed by atoms with van der Waals surface area (Å²) in [5.41, 5.74) is -0.498. The number of aliphatic carboxylic acids is 1. The van der Waals surface area contributed by atoms with Gasteiger partial charge in [-0.25, -0.2) is 0 Å². The lowest BCUT2D eigenvalue weighted by atomic mass is 9.83. The Labute approximate surface area is 74.4 Å². The SMILES string of the molecule is O=C(O)C1(c2cnccn2)COC1. The fraction of sp³-hybridized carbons (Fsp3) is 0.375. The van der Waals surface area contributed by atoms with E-state index in [9.17, 15) is 4.79 Å². The first-order valence-electron chi connectivity index (χ1n) is 3.83. The monoisotopic (exact) mass is 180 g/mol. The lowest BCUT2D eigenvalue weighted by Gasteiger charge is -2.36. The Morgan fingerprint density at radius 2 is 2.31 bits per heavy atom. The zero-order valence-electron chi connectivity index (χ0n) is 6.80. The van der Waals surface area contributed by atoms with Crippen LogP contribution in [0.4, 0.5) is 0 Å². The van der Waals surface area contributed by atoms with Crippen LogP contribution in [0.2, 0.25) is 0 Å². The number of carboxylic acid groups (broad SMARTS) is 1. The summed E-state index contributed by atoms with van der Waals surface area (Å²) >= 11 is 0. The van der Waals surface area contributed by atoms with Gasteiger partial charge in [0.05, 0.1) is 18.9 Å². The first kappa shape index (κ1) is 8.12. The van der Waals surface area contributed by atoms with Crippen LogP contribution in [-0.2, 0) is 14.9 Å². The van der Waals surface area contributed by atoms with E-state index in [1.165, 1.54) is 18.6 Å². The van der Waals surface area contributed by atoms with Gasteiger partial charge >= 0.3 is 5.97 Å². The van der Waals surface area contributed by atoms with Gasteiger partial charge in [-0.1, -0.05) is 0 Å². The Bertz CT molecular complexity index is 321. The summed E-state index contributed by atoms with van der Waals surface area (Å²) in [6, 6.07) is 0. The van der Waals surface area contributed by atoms with Crippen molar-refractivity contribution in [1.29, 1.82) is 0 Å². The number of hydrogen-bond donors (Lipinski definition) is 1. The van der Waals surface area contributed by atoms with Crippen molar-refractivity contribution in [3.05, 3.63) is 24.3 Å². The average molecular weight is 180 g/mol. The molecule has 2 rings (SSSR count). The van der Waals surface area contributed by atoms with E-state index in [0.717, 1.165) is 0 Å². The van der Waals surface area contributed by atoms with Crippen LogP contribution in [0.5, 0.6) is 0 Å².